The topological polar surface area (TPSA) is 98.7 Å². The molecular formula is C27H32BrN3O4S. The number of hydrogen-bond donors (Lipinski definition) is 3. The predicted octanol–water partition coefficient (Wildman–Crippen LogP) is 3.54. The Morgan fingerprint density at radius 1 is 1.17 bits per heavy atom. The van der Waals surface area contributed by atoms with Crippen LogP contribution in [-0.4, -0.2) is 68.3 Å². The minimum absolute atomic E-state index is 0.0346. The molecule has 1 spiro atoms. The summed E-state index contributed by atoms with van der Waals surface area (Å²) in [5.41, 5.74) is 0.687. The minimum Gasteiger partial charge on any atom is -0.396 e. The number of carbonyl (C=O) groups is 3. The highest BCUT2D eigenvalue weighted by molar-refractivity contribution is 9.09. The van der Waals surface area contributed by atoms with Crippen LogP contribution in [0.1, 0.15) is 32.6 Å². The first-order valence-electron chi connectivity index (χ1n) is 12.7. The van der Waals surface area contributed by atoms with Gasteiger partial charge in [0.15, 0.2) is 0 Å². The molecule has 7 nitrogen and oxygen atoms in total. The third kappa shape index (κ3) is 4.23. The van der Waals surface area contributed by atoms with Gasteiger partial charge in [0.25, 0.3) is 0 Å². The van der Waals surface area contributed by atoms with E-state index < -0.39 is 22.6 Å². The second kappa shape index (κ2) is 10.3. The van der Waals surface area contributed by atoms with Crippen molar-refractivity contribution in [3.8, 4) is 0 Å². The maximum atomic E-state index is 13.9. The summed E-state index contributed by atoms with van der Waals surface area (Å²) in [5, 5.41) is 17.5. The highest BCUT2D eigenvalue weighted by Crippen LogP contribution is 2.67. The Morgan fingerprint density at radius 2 is 1.94 bits per heavy atom. The lowest BCUT2D eigenvalue weighted by molar-refractivity contribution is -0.139. The number of anilines is 1. The molecule has 3 aliphatic rings. The number of nitrogens with one attached hydrogen (secondary N) is 2. The highest BCUT2D eigenvalue weighted by atomic mass is 79.9. The number of benzene rings is 2. The lowest BCUT2D eigenvalue weighted by Crippen LogP contribution is -2.53. The molecule has 3 aliphatic heterocycles. The van der Waals surface area contributed by atoms with Crippen LogP contribution in [-0.2, 0) is 14.4 Å². The molecule has 0 aliphatic carbocycles. The normalized spacial score (nSPS) is 30.6. The van der Waals surface area contributed by atoms with Gasteiger partial charge in [-0.1, -0.05) is 53.2 Å². The number of unbranched alkanes of at least 4 members (excludes halogenated alkanes) is 1. The fourth-order valence-electron chi connectivity index (χ4n) is 6.21. The molecule has 0 aromatic heterocycles. The summed E-state index contributed by atoms with van der Waals surface area (Å²) in [7, 11) is 0. The van der Waals surface area contributed by atoms with Crippen molar-refractivity contribution in [2.75, 3.05) is 25.0 Å². The van der Waals surface area contributed by atoms with Gasteiger partial charge in [0, 0.05) is 35.5 Å². The first kappa shape index (κ1) is 25.5. The van der Waals surface area contributed by atoms with Crippen molar-refractivity contribution in [2.45, 2.75) is 53.5 Å². The largest absolute Gasteiger partial charge is 0.396 e. The Labute approximate surface area is 223 Å². The van der Waals surface area contributed by atoms with Gasteiger partial charge in [-0.3, -0.25) is 14.4 Å². The molecule has 0 radical (unpaired) electrons. The molecule has 36 heavy (non-hydrogen) atoms. The van der Waals surface area contributed by atoms with Gasteiger partial charge in [-0.2, -0.15) is 0 Å². The van der Waals surface area contributed by atoms with Crippen LogP contribution in [0.2, 0.25) is 0 Å². The number of amides is 3. The van der Waals surface area contributed by atoms with Crippen LogP contribution in [0.15, 0.2) is 42.5 Å². The Morgan fingerprint density at radius 3 is 2.69 bits per heavy atom. The molecule has 3 saturated heterocycles. The van der Waals surface area contributed by atoms with Crippen LogP contribution in [0.3, 0.4) is 0 Å². The number of carbonyl (C=O) groups excluding carboxylic acids is 3. The Hall–Kier alpha value is -2.10. The monoisotopic (exact) mass is 573 g/mol. The number of aliphatic hydroxyl groups excluding tert-OH is 1. The number of nitrogens with zero attached hydrogens (tertiary/aromatic N) is 1. The van der Waals surface area contributed by atoms with E-state index >= 15 is 0 Å². The van der Waals surface area contributed by atoms with Crippen LogP contribution in [0.4, 0.5) is 5.69 Å². The summed E-state index contributed by atoms with van der Waals surface area (Å²) in [4.78, 5) is 42.8. The smallest absolute Gasteiger partial charge is 0.248 e. The van der Waals surface area contributed by atoms with Crippen molar-refractivity contribution in [1.29, 1.82) is 0 Å². The van der Waals surface area contributed by atoms with E-state index in [1.807, 2.05) is 49.4 Å². The quantitative estimate of drug-likeness (QED) is 0.315. The molecular weight excluding hydrogens is 542 g/mol. The van der Waals surface area contributed by atoms with Crippen molar-refractivity contribution in [1.82, 2.24) is 10.2 Å². The molecule has 3 fully saturated rings. The van der Waals surface area contributed by atoms with Crippen LogP contribution in [0.5, 0.6) is 0 Å². The Balaban J connectivity index is 1.48. The molecule has 5 rings (SSSR count). The zero-order valence-electron chi connectivity index (χ0n) is 20.3. The van der Waals surface area contributed by atoms with E-state index in [-0.39, 0.29) is 34.4 Å². The maximum Gasteiger partial charge on any atom is 0.248 e. The minimum atomic E-state index is -0.681. The van der Waals surface area contributed by atoms with Crippen LogP contribution >= 0.6 is 27.7 Å². The average molecular weight is 575 g/mol. The number of halogens is 1. The standard InChI is InChI=1S/C27H32BrN3O4S/c1-2-11-29-24(33)20-21-26(35)31(12-5-6-13-32)23(27(21)15-19(28)22(20)36-27)25(34)30-18-10-9-16-7-3-4-8-17(16)14-18/h3-4,7-10,14,19-23,32H,2,5-6,11-13,15H2,1H3,(H,29,33)(H,30,34)/t19?,20-,21+,22-,23?,27?/m1/s1. The molecule has 3 N–H and O–H groups in total. The zero-order valence-corrected chi connectivity index (χ0v) is 22.7. The third-order valence-corrected chi connectivity index (χ3v) is 10.9. The lowest BCUT2D eigenvalue weighted by Gasteiger charge is -2.35. The van der Waals surface area contributed by atoms with Gasteiger partial charge in [0.1, 0.15) is 6.04 Å². The van der Waals surface area contributed by atoms with Gasteiger partial charge < -0.3 is 20.6 Å². The number of rotatable bonds is 9. The fraction of sp³-hybridized carbons (Fsp3) is 0.519. The van der Waals surface area contributed by atoms with Crippen LogP contribution in [0.25, 0.3) is 10.8 Å². The lowest BCUT2D eigenvalue weighted by atomic mass is 9.70. The molecule has 2 aromatic rings. The van der Waals surface area contributed by atoms with Crippen molar-refractivity contribution in [3.63, 3.8) is 0 Å². The second-order valence-corrected chi connectivity index (χ2v) is 12.7. The summed E-state index contributed by atoms with van der Waals surface area (Å²) in [6, 6.07) is 13.1. The van der Waals surface area contributed by atoms with Crippen molar-refractivity contribution in [2.24, 2.45) is 11.8 Å². The van der Waals surface area contributed by atoms with Gasteiger partial charge in [0.05, 0.1) is 16.6 Å². The van der Waals surface area contributed by atoms with Crippen molar-refractivity contribution in [3.05, 3.63) is 42.5 Å². The third-order valence-electron chi connectivity index (χ3n) is 7.71. The predicted molar refractivity (Wildman–Crippen MR) is 146 cm³/mol. The number of aliphatic hydroxyl groups is 1. The Bertz CT molecular complexity index is 1180. The van der Waals surface area contributed by atoms with E-state index in [4.69, 9.17) is 0 Å². The second-order valence-electron chi connectivity index (χ2n) is 9.97. The maximum absolute atomic E-state index is 13.9. The van der Waals surface area contributed by atoms with E-state index in [1.165, 1.54) is 0 Å². The summed E-state index contributed by atoms with van der Waals surface area (Å²) < 4.78 is -0.662. The molecule has 6 atom stereocenters. The van der Waals surface area contributed by atoms with E-state index in [1.54, 1.807) is 16.7 Å². The average Bonchev–Trinajstić information content (AvgIpc) is 3.46. The van der Waals surface area contributed by atoms with Gasteiger partial charge >= 0.3 is 0 Å². The van der Waals surface area contributed by atoms with E-state index in [0.717, 1.165) is 17.2 Å². The first-order valence-corrected chi connectivity index (χ1v) is 14.5. The number of thioether (sulfide) groups is 1. The van der Waals surface area contributed by atoms with Crippen LogP contribution < -0.4 is 10.6 Å². The summed E-state index contributed by atoms with van der Waals surface area (Å²) in [6.45, 7) is 2.99. The summed E-state index contributed by atoms with van der Waals surface area (Å²) >= 11 is 5.43. The fourth-order valence-corrected chi connectivity index (χ4v) is 9.82. The van der Waals surface area contributed by atoms with Crippen molar-refractivity contribution >= 4 is 61.9 Å². The van der Waals surface area contributed by atoms with Gasteiger partial charge in [-0.05, 0) is 48.6 Å². The molecule has 3 heterocycles. The van der Waals surface area contributed by atoms with Gasteiger partial charge in [-0.25, -0.2) is 0 Å². The molecule has 192 valence electrons. The molecule has 0 saturated carbocycles. The molecule has 3 unspecified atom stereocenters. The molecule has 2 bridgehead atoms. The van der Waals surface area contributed by atoms with Crippen molar-refractivity contribution < 1.29 is 19.5 Å². The number of alkyl halides is 1. The molecule has 9 heteroatoms. The van der Waals surface area contributed by atoms with Crippen LogP contribution in [0, 0.1) is 11.8 Å². The SMILES string of the molecule is CCCNC(=O)[C@H]1[C@@H]2SC3(CC2Br)C(C(=O)Nc2ccc4ccccc4c2)N(CCCCO)C(=O)[C@H]13. The number of hydrogen-bond acceptors (Lipinski definition) is 5. The van der Waals surface area contributed by atoms with E-state index in [2.05, 4.69) is 26.6 Å². The highest BCUT2D eigenvalue weighted by Gasteiger charge is 2.75. The van der Waals surface area contributed by atoms with Gasteiger partial charge in [-0.15, -0.1) is 11.8 Å². The molecule has 3 amide bonds. The molecule has 2 aromatic carbocycles. The van der Waals surface area contributed by atoms with E-state index in [9.17, 15) is 19.5 Å². The number of fused-ring (bicyclic) bond motifs is 2. The number of likely N-dealkylation sites (tertiary alicyclic amines) is 1. The zero-order chi connectivity index (χ0) is 25.4. The van der Waals surface area contributed by atoms with E-state index in [0.29, 0.717) is 38.0 Å². The summed E-state index contributed by atoms with van der Waals surface area (Å²) in [5.74, 6) is -1.42. The Kier molecular flexibility index (Phi) is 7.34. The summed E-state index contributed by atoms with van der Waals surface area (Å²) in [6.07, 6.45) is 2.63. The first-order chi connectivity index (χ1) is 17.4. The van der Waals surface area contributed by atoms with Gasteiger partial charge in [0.2, 0.25) is 17.7 Å².